The molecule has 2 aliphatic carbocycles. The van der Waals surface area contributed by atoms with Crippen LogP contribution in [0.25, 0.3) is 0 Å². The molecule has 3 heterocycles. The van der Waals surface area contributed by atoms with Crippen LogP contribution in [0.4, 0.5) is 5.69 Å². The van der Waals surface area contributed by atoms with E-state index in [1.807, 2.05) is 18.2 Å². The van der Waals surface area contributed by atoms with E-state index in [2.05, 4.69) is 17.1 Å². The number of ether oxygens (including phenoxy) is 1. The number of methoxy groups -OCH3 is 1. The number of aromatic amines is 1. The van der Waals surface area contributed by atoms with Gasteiger partial charge in [-0.1, -0.05) is 41.7 Å². The predicted octanol–water partition coefficient (Wildman–Crippen LogP) is 4.12. The monoisotopic (exact) mass is 490 g/mol. The van der Waals surface area contributed by atoms with Crippen molar-refractivity contribution in [2.24, 2.45) is 29.6 Å². The number of thioether (sulfide) groups is 1. The highest BCUT2D eigenvalue weighted by Gasteiger charge is 2.69. The van der Waals surface area contributed by atoms with Gasteiger partial charge >= 0.3 is 4.87 Å². The van der Waals surface area contributed by atoms with Gasteiger partial charge in [-0.05, 0) is 54.0 Å². The van der Waals surface area contributed by atoms with E-state index < -0.39 is 0 Å². The number of anilines is 1. The largest absolute Gasteiger partial charge is 0.497 e. The Morgan fingerprint density at radius 2 is 1.65 bits per heavy atom. The molecule has 1 N–H and O–H groups in total. The lowest BCUT2D eigenvalue weighted by molar-refractivity contribution is -0.123. The molecule has 1 saturated heterocycles. The van der Waals surface area contributed by atoms with Crippen molar-refractivity contribution in [1.82, 2.24) is 4.98 Å². The Morgan fingerprint density at radius 1 is 0.941 bits per heavy atom. The summed E-state index contributed by atoms with van der Waals surface area (Å²) in [6.45, 7) is 0. The maximum Gasteiger partial charge on any atom is 0.305 e. The standard InChI is InChI=1S/C26H22N2O4S2/c1-32-14-9-7-13(8-10-14)28-24(29)19-15-11-16(20(19)25(28)30)21-18(15)17(12-5-3-2-4-6-12)22-23(33-21)27-26(31)34-22/h2-10,15-21H,11H2,1H3,(H,27,31)/t15-,16-,17+,18-,19+,20-,21-/m1/s1. The molecule has 3 aromatic rings. The highest BCUT2D eigenvalue weighted by Crippen LogP contribution is 2.68. The number of benzene rings is 2. The molecule has 3 fully saturated rings. The van der Waals surface area contributed by atoms with E-state index in [0.717, 1.165) is 16.3 Å². The van der Waals surface area contributed by atoms with Crippen LogP contribution >= 0.6 is 23.1 Å². The van der Waals surface area contributed by atoms with Crippen molar-refractivity contribution in [3.8, 4) is 5.75 Å². The van der Waals surface area contributed by atoms with Crippen molar-refractivity contribution in [2.45, 2.75) is 22.6 Å². The van der Waals surface area contributed by atoms with Crippen molar-refractivity contribution >= 4 is 40.6 Å². The first-order chi connectivity index (χ1) is 16.6. The van der Waals surface area contributed by atoms with Crippen LogP contribution in [-0.2, 0) is 9.59 Å². The Kier molecular flexibility index (Phi) is 4.42. The average molecular weight is 491 g/mol. The molecule has 8 heteroatoms. The second kappa shape index (κ2) is 7.33. The van der Waals surface area contributed by atoms with Crippen LogP contribution in [0.5, 0.6) is 5.75 Å². The normalized spacial score (nSPS) is 33.1. The molecular weight excluding hydrogens is 468 g/mol. The quantitative estimate of drug-likeness (QED) is 0.559. The number of rotatable bonds is 3. The molecule has 34 heavy (non-hydrogen) atoms. The number of carbonyl (C=O) groups is 2. The molecule has 2 amide bonds. The van der Waals surface area contributed by atoms with Crippen LogP contribution in [0.3, 0.4) is 0 Å². The number of fused-ring (bicyclic) bond motifs is 9. The van der Waals surface area contributed by atoms with E-state index in [1.165, 1.54) is 21.8 Å². The van der Waals surface area contributed by atoms with E-state index in [-0.39, 0.29) is 57.4 Å². The number of hydrogen-bond acceptors (Lipinski definition) is 6. The molecular formula is C26H22N2O4S2. The first-order valence-electron chi connectivity index (χ1n) is 11.5. The lowest BCUT2D eigenvalue weighted by atomic mass is 9.68. The highest BCUT2D eigenvalue weighted by atomic mass is 32.2. The summed E-state index contributed by atoms with van der Waals surface area (Å²) in [5.41, 5.74) is 1.80. The summed E-state index contributed by atoms with van der Waals surface area (Å²) in [6, 6.07) is 17.5. The third-order valence-corrected chi connectivity index (χ3v) is 10.8. The van der Waals surface area contributed by atoms with E-state index in [9.17, 15) is 14.4 Å². The van der Waals surface area contributed by atoms with Crippen molar-refractivity contribution in [2.75, 3.05) is 12.0 Å². The Labute approximate surface area is 204 Å². The fourth-order valence-corrected chi connectivity index (χ4v) is 9.93. The molecule has 2 bridgehead atoms. The molecule has 6 nitrogen and oxygen atoms in total. The topological polar surface area (TPSA) is 79.5 Å². The van der Waals surface area contributed by atoms with Crippen LogP contribution in [0.2, 0.25) is 0 Å². The van der Waals surface area contributed by atoms with Gasteiger partial charge < -0.3 is 9.72 Å². The van der Waals surface area contributed by atoms with Crippen LogP contribution < -0.4 is 14.5 Å². The Morgan fingerprint density at radius 3 is 2.35 bits per heavy atom. The summed E-state index contributed by atoms with van der Waals surface area (Å²) >= 11 is 3.01. The number of amides is 2. The van der Waals surface area contributed by atoms with Crippen LogP contribution in [-0.4, -0.2) is 29.2 Å². The number of thiazole rings is 1. The van der Waals surface area contributed by atoms with Gasteiger partial charge in [0.1, 0.15) is 5.75 Å². The smallest absolute Gasteiger partial charge is 0.305 e. The number of aromatic nitrogens is 1. The summed E-state index contributed by atoms with van der Waals surface area (Å²) < 4.78 is 5.24. The zero-order valence-electron chi connectivity index (χ0n) is 18.3. The third kappa shape index (κ3) is 2.66. The molecule has 2 saturated carbocycles. The fraction of sp³-hybridized carbons (Fsp3) is 0.346. The van der Waals surface area contributed by atoms with Crippen LogP contribution in [0.1, 0.15) is 22.8 Å². The summed E-state index contributed by atoms with van der Waals surface area (Å²) in [7, 11) is 1.60. The number of hydrogen-bond donors (Lipinski definition) is 1. The maximum absolute atomic E-state index is 13.7. The number of nitrogens with zero attached hydrogens (tertiary/aromatic N) is 1. The fourth-order valence-electron chi connectivity index (χ4n) is 7.04. The molecule has 4 aliphatic rings. The Balaban J connectivity index is 1.30. The van der Waals surface area contributed by atoms with Crippen molar-refractivity contribution in [3.63, 3.8) is 0 Å². The first kappa shape index (κ1) is 20.5. The molecule has 0 radical (unpaired) electrons. The minimum atomic E-state index is -0.287. The zero-order chi connectivity index (χ0) is 23.1. The molecule has 0 spiro atoms. The van der Waals surface area contributed by atoms with E-state index >= 15 is 0 Å². The van der Waals surface area contributed by atoms with Crippen LogP contribution in [0, 0.1) is 29.6 Å². The molecule has 7 rings (SSSR count). The summed E-state index contributed by atoms with van der Waals surface area (Å²) in [4.78, 5) is 45.1. The molecule has 7 atom stereocenters. The Hall–Kier alpha value is -2.84. The van der Waals surface area contributed by atoms with Gasteiger partial charge in [0.15, 0.2) is 0 Å². The summed E-state index contributed by atoms with van der Waals surface area (Å²) in [5, 5.41) is 1.15. The zero-order valence-corrected chi connectivity index (χ0v) is 20.0. The minimum Gasteiger partial charge on any atom is -0.497 e. The summed E-state index contributed by atoms with van der Waals surface area (Å²) in [5.74, 6) is 0.530. The number of nitrogens with one attached hydrogen (secondary N) is 1. The van der Waals surface area contributed by atoms with E-state index in [1.54, 1.807) is 43.1 Å². The molecule has 1 aromatic heterocycles. The number of carbonyl (C=O) groups excluding carboxylic acids is 2. The minimum absolute atomic E-state index is 0.0382. The second-order valence-electron chi connectivity index (χ2n) is 9.58. The van der Waals surface area contributed by atoms with Gasteiger partial charge in [-0.25, -0.2) is 0 Å². The summed E-state index contributed by atoms with van der Waals surface area (Å²) in [6.07, 6.45) is 0.897. The third-order valence-electron chi connectivity index (χ3n) is 8.21. The van der Waals surface area contributed by atoms with E-state index in [4.69, 9.17) is 4.74 Å². The number of H-pyrrole nitrogens is 1. The van der Waals surface area contributed by atoms with Crippen LogP contribution in [0.15, 0.2) is 64.4 Å². The van der Waals surface area contributed by atoms with Gasteiger partial charge in [-0.3, -0.25) is 19.3 Å². The van der Waals surface area contributed by atoms with Gasteiger partial charge in [0.2, 0.25) is 11.8 Å². The van der Waals surface area contributed by atoms with Crippen molar-refractivity contribution in [1.29, 1.82) is 0 Å². The molecule has 0 unspecified atom stereocenters. The highest BCUT2D eigenvalue weighted by molar-refractivity contribution is 8.00. The maximum atomic E-state index is 13.7. The van der Waals surface area contributed by atoms with Crippen molar-refractivity contribution < 1.29 is 14.3 Å². The van der Waals surface area contributed by atoms with Gasteiger partial charge in [0, 0.05) is 16.0 Å². The van der Waals surface area contributed by atoms with Gasteiger partial charge in [-0.15, -0.1) is 11.8 Å². The average Bonchev–Trinajstić information content (AvgIpc) is 3.58. The van der Waals surface area contributed by atoms with Gasteiger partial charge in [0.25, 0.3) is 0 Å². The van der Waals surface area contributed by atoms with Gasteiger partial charge in [0.05, 0.1) is 29.7 Å². The SMILES string of the molecule is COc1ccc(N2C(=O)[C@@H]3[C@H]4C[C@@H]([C@@H]3C2=O)[C@@H]2[C@H](c3ccccc3)c3sc(=O)[nH]c3S[C@H]42)cc1. The second-order valence-corrected chi connectivity index (χ2v) is 11.8. The molecule has 2 aromatic carbocycles. The first-order valence-corrected chi connectivity index (χ1v) is 13.2. The number of imide groups is 1. The molecule has 172 valence electrons. The van der Waals surface area contributed by atoms with E-state index in [0.29, 0.717) is 11.4 Å². The van der Waals surface area contributed by atoms with Crippen molar-refractivity contribution in [3.05, 3.63) is 74.7 Å². The lowest BCUT2D eigenvalue weighted by Gasteiger charge is -2.43. The predicted molar refractivity (Wildman–Crippen MR) is 130 cm³/mol. The lowest BCUT2D eigenvalue weighted by Crippen LogP contribution is -2.42. The molecule has 2 aliphatic heterocycles. The van der Waals surface area contributed by atoms with Gasteiger partial charge in [-0.2, -0.15) is 0 Å². The Bertz CT molecular complexity index is 1370.